The van der Waals surface area contributed by atoms with Gasteiger partial charge in [0.25, 0.3) is 0 Å². The van der Waals surface area contributed by atoms with Crippen LogP contribution in [-0.4, -0.2) is 42.9 Å². The lowest BCUT2D eigenvalue weighted by Gasteiger charge is -2.47. The molecule has 0 radical (unpaired) electrons. The third-order valence-electron chi connectivity index (χ3n) is 8.90. The Balaban J connectivity index is 1.55. The van der Waals surface area contributed by atoms with E-state index in [0.29, 0.717) is 54.7 Å². The SMILES string of the molecule is CCC(=O)CCC1CCC(c2ccc(OCCN(CC)CC)cc2)C2c3ccc(OC(C)=O)cc3CCC12. The van der Waals surface area contributed by atoms with Crippen LogP contribution >= 0.6 is 0 Å². The molecule has 0 saturated heterocycles. The standard InChI is InChI=1S/C33H45NO4/c1-5-27(36)13-8-24-11-17-30(25-9-14-28(15-10-25)37-21-20-34(6-2)7-3)33-31(24)18-12-26-22-29(38-23(4)35)16-19-32(26)33/h9-10,14-16,19,22,24,30-31,33H,5-8,11-13,17-18,20-21H2,1-4H3. The van der Waals surface area contributed by atoms with Crippen molar-refractivity contribution in [2.45, 2.75) is 84.5 Å². The fraction of sp³-hybridized carbons (Fsp3) is 0.576. The molecule has 1 fully saturated rings. The Morgan fingerprint density at radius 3 is 2.37 bits per heavy atom. The molecular weight excluding hydrogens is 474 g/mol. The molecule has 0 amide bonds. The zero-order valence-electron chi connectivity index (χ0n) is 23.7. The second-order valence-corrected chi connectivity index (χ2v) is 11.0. The van der Waals surface area contributed by atoms with Gasteiger partial charge in [0.15, 0.2) is 0 Å². The number of likely N-dealkylation sites (N-methyl/N-ethyl adjacent to an activating group) is 1. The summed E-state index contributed by atoms with van der Waals surface area (Å²) in [5, 5.41) is 0. The number of ketones is 1. The van der Waals surface area contributed by atoms with Crippen molar-refractivity contribution in [1.29, 1.82) is 0 Å². The smallest absolute Gasteiger partial charge is 0.308 e. The number of ether oxygens (including phenoxy) is 2. The molecule has 2 aliphatic rings. The zero-order chi connectivity index (χ0) is 27.1. The lowest BCUT2D eigenvalue weighted by Crippen LogP contribution is -2.36. The quantitative estimate of drug-likeness (QED) is 0.225. The van der Waals surface area contributed by atoms with E-state index in [1.807, 2.05) is 13.0 Å². The first-order chi connectivity index (χ1) is 18.4. The largest absolute Gasteiger partial charge is 0.492 e. The first-order valence-corrected chi connectivity index (χ1v) is 14.7. The molecule has 4 atom stereocenters. The maximum Gasteiger partial charge on any atom is 0.308 e. The van der Waals surface area contributed by atoms with Gasteiger partial charge in [-0.1, -0.05) is 39.0 Å². The van der Waals surface area contributed by atoms with Crippen molar-refractivity contribution < 1.29 is 19.1 Å². The highest BCUT2D eigenvalue weighted by Gasteiger charge is 2.43. The Kier molecular flexibility index (Phi) is 10.0. The van der Waals surface area contributed by atoms with Gasteiger partial charge in [-0.15, -0.1) is 0 Å². The second kappa shape index (κ2) is 13.4. The lowest BCUT2D eigenvalue weighted by atomic mass is 9.57. The van der Waals surface area contributed by atoms with E-state index in [1.165, 1.54) is 30.0 Å². The minimum atomic E-state index is -0.283. The Morgan fingerprint density at radius 2 is 1.68 bits per heavy atom. The van der Waals surface area contributed by atoms with Crippen molar-refractivity contribution in [3.8, 4) is 11.5 Å². The van der Waals surface area contributed by atoms with Crippen LogP contribution in [0.4, 0.5) is 0 Å². The van der Waals surface area contributed by atoms with Crippen molar-refractivity contribution >= 4 is 11.8 Å². The van der Waals surface area contributed by atoms with Crippen LogP contribution in [0, 0.1) is 11.8 Å². The number of benzene rings is 2. The van der Waals surface area contributed by atoms with Gasteiger partial charge in [0.1, 0.15) is 23.9 Å². The van der Waals surface area contributed by atoms with Crippen LogP contribution < -0.4 is 9.47 Å². The van der Waals surface area contributed by atoms with E-state index < -0.39 is 0 Å². The molecular formula is C33H45NO4. The Morgan fingerprint density at radius 1 is 0.947 bits per heavy atom. The fourth-order valence-electron chi connectivity index (χ4n) is 6.82. The molecule has 2 aromatic rings. The van der Waals surface area contributed by atoms with Crippen LogP contribution in [0.15, 0.2) is 42.5 Å². The number of hydrogen-bond acceptors (Lipinski definition) is 5. The molecule has 5 nitrogen and oxygen atoms in total. The normalized spacial score (nSPS) is 22.4. The van der Waals surface area contributed by atoms with E-state index in [-0.39, 0.29) is 5.97 Å². The highest BCUT2D eigenvalue weighted by atomic mass is 16.5. The van der Waals surface area contributed by atoms with Gasteiger partial charge >= 0.3 is 5.97 Å². The van der Waals surface area contributed by atoms with Crippen LogP contribution in [0.3, 0.4) is 0 Å². The first kappa shape index (κ1) is 28.4. The van der Waals surface area contributed by atoms with E-state index >= 15 is 0 Å². The van der Waals surface area contributed by atoms with Crippen LogP contribution in [-0.2, 0) is 16.0 Å². The topological polar surface area (TPSA) is 55.8 Å². The number of carbonyl (C=O) groups excluding carboxylic acids is 2. The van der Waals surface area contributed by atoms with Crippen LogP contribution in [0.2, 0.25) is 0 Å². The van der Waals surface area contributed by atoms with Crippen molar-refractivity contribution in [2.75, 3.05) is 26.2 Å². The Hall–Kier alpha value is -2.66. The molecule has 4 rings (SSSR count). The van der Waals surface area contributed by atoms with Crippen molar-refractivity contribution in [3.63, 3.8) is 0 Å². The summed E-state index contributed by atoms with van der Waals surface area (Å²) in [7, 11) is 0. The van der Waals surface area contributed by atoms with Crippen LogP contribution in [0.25, 0.3) is 0 Å². The molecule has 1 saturated carbocycles. The molecule has 0 heterocycles. The maximum atomic E-state index is 12.1. The Labute approximate surface area is 228 Å². The number of rotatable bonds is 12. The number of esters is 1. The number of Topliss-reactive ketones (excluding diaryl/α,β-unsaturated/α-hetero) is 1. The minimum Gasteiger partial charge on any atom is -0.492 e. The maximum absolute atomic E-state index is 12.1. The molecule has 0 spiro atoms. The first-order valence-electron chi connectivity index (χ1n) is 14.7. The van der Waals surface area contributed by atoms with E-state index in [2.05, 4.69) is 55.1 Å². The summed E-state index contributed by atoms with van der Waals surface area (Å²) in [5.41, 5.74) is 4.07. The molecule has 4 unspecified atom stereocenters. The third kappa shape index (κ3) is 6.85. The molecule has 0 aliphatic heterocycles. The monoisotopic (exact) mass is 519 g/mol. The molecule has 5 heteroatoms. The molecule has 206 valence electrons. The van der Waals surface area contributed by atoms with Crippen LogP contribution in [0.1, 0.15) is 94.7 Å². The number of hydrogen-bond donors (Lipinski definition) is 0. The fourth-order valence-corrected chi connectivity index (χ4v) is 6.82. The summed E-state index contributed by atoms with van der Waals surface area (Å²) in [6.07, 6.45) is 6.75. The number of aryl methyl sites for hydroxylation is 1. The highest BCUT2D eigenvalue weighted by molar-refractivity contribution is 5.77. The molecule has 0 aromatic heterocycles. The molecule has 0 N–H and O–H groups in total. The number of fused-ring (bicyclic) bond motifs is 3. The molecule has 0 bridgehead atoms. The van der Waals surface area contributed by atoms with Crippen molar-refractivity contribution in [3.05, 3.63) is 59.2 Å². The number of nitrogens with zero attached hydrogens (tertiary/aromatic N) is 1. The minimum absolute atomic E-state index is 0.283. The van der Waals surface area contributed by atoms with Gasteiger partial charge in [0.05, 0.1) is 0 Å². The molecule has 2 aliphatic carbocycles. The second-order valence-electron chi connectivity index (χ2n) is 11.0. The summed E-state index contributed by atoms with van der Waals surface area (Å²) in [6.45, 7) is 11.5. The average molecular weight is 520 g/mol. The van der Waals surface area contributed by atoms with Gasteiger partial charge < -0.3 is 14.4 Å². The summed E-state index contributed by atoms with van der Waals surface area (Å²) < 4.78 is 11.5. The van der Waals surface area contributed by atoms with E-state index in [0.717, 1.165) is 51.1 Å². The lowest BCUT2D eigenvalue weighted by molar-refractivity contribution is -0.131. The van der Waals surface area contributed by atoms with Crippen molar-refractivity contribution in [1.82, 2.24) is 4.90 Å². The summed E-state index contributed by atoms with van der Waals surface area (Å²) in [5.74, 6) is 3.65. The van der Waals surface area contributed by atoms with Gasteiger partial charge in [0.2, 0.25) is 0 Å². The predicted molar refractivity (Wildman–Crippen MR) is 152 cm³/mol. The van der Waals surface area contributed by atoms with E-state index in [4.69, 9.17) is 9.47 Å². The average Bonchev–Trinajstić information content (AvgIpc) is 2.93. The third-order valence-corrected chi connectivity index (χ3v) is 8.90. The van der Waals surface area contributed by atoms with E-state index in [9.17, 15) is 9.59 Å². The molecule has 2 aromatic carbocycles. The highest BCUT2D eigenvalue weighted by Crippen LogP contribution is 2.55. The summed E-state index contributed by atoms with van der Waals surface area (Å²) >= 11 is 0. The Bertz CT molecular complexity index is 1070. The molecule has 38 heavy (non-hydrogen) atoms. The van der Waals surface area contributed by atoms with Crippen LogP contribution in [0.5, 0.6) is 11.5 Å². The van der Waals surface area contributed by atoms with Gasteiger partial charge in [0, 0.05) is 26.3 Å². The predicted octanol–water partition coefficient (Wildman–Crippen LogP) is 6.93. The summed E-state index contributed by atoms with van der Waals surface area (Å²) in [6, 6.07) is 15.0. The zero-order valence-corrected chi connectivity index (χ0v) is 23.7. The van der Waals surface area contributed by atoms with Crippen molar-refractivity contribution in [2.24, 2.45) is 11.8 Å². The van der Waals surface area contributed by atoms with Gasteiger partial charge in [-0.25, -0.2) is 0 Å². The number of carbonyl (C=O) groups is 2. The van der Waals surface area contributed by atoms with Gasteiger partial charge in [-0.3, -0.25) is 9.59 Å². The summed E-state index contributed by atoms with van der Waals surface area (Å²) in [4.78, 5) is 26.1. The van der Waals surface area contributed by atoms with E-state index in [1.54, 1.807) is 0 Å². The van der Waals surface area contributed by atoms with Gasteiger partial charge in [-0.05, 0) is 110 Å². The van der Waals surface area contributed by atoms with Gasteiger partial charge in [-0.2, -0.15) is 0 Å².